The molecule has 0 spiro atoms. The molecule has 0 atom stereocenters. The summed E-state index contributed by atoms with van der Waals surface area (Å²) in [5.74, 6) is 1.37. The fraction of sp³-hybridized carbons (Fsp3) is 0.548. The molecule has 37 heavy (non-hydrogen) atoms. The van der Waals surface area contributed by atoms with Gasteiger partial charge in [-0.3, -0.25) is 0 Å². The van der Waals surface area contributed by atoms with Crippen LogP contribution in [-0.4, -0.2) is 6.10 Å². The Morgan fingerprint density at radius 1 is 0.730 bits per heavy atom. The highest BCUT2D eigenvalue weighted by Gasteiger charge is 2.39. The van der Waals surface area contributed by atoms with Gasteiger partial charge in [0.1, 0.15) is 0 Å². The minimum Gasteiger partial charge on any atom is -0.313 e. The summed E-state index contributed by atoms with van der Waals surface area (Å²) in [7, 11) is 0. The van der Waals surface area contributed by atoms with Gasteiger partial charge in [-0.15, -0.1) is 0 Å². The van der Waals surface area contributed by atoms with Crippen LogP contribution in [-0.2, 0) is 23.4 Å². The van der Waals surface area contributed by atoms with Crippen molar-refractivity contribution in [3.8, 4) is 0 Å². The van der Waals surface area contributed by atoms with E-state index in [1.807, 2.05) is 13.0 Å². The Labute approximate surface area is 217 Å². The highest BCUT2D eigenvalue weighted by Crippen LogP contribution is 2.45. The highest BCUT2D eigenvalue weighted by molar-refractivity contribution is 5.27. The Bertz CT molecular complexity index is 993. The van der Waals surface area contributed by atoms with E-state index in [9.17, 15) is 22.0 Å². The molecule has 2 aliphatic carbocycles. The van der Waals surface area contributed by atoms with Crippen LogP contribution in [0.5, 0.6) is 0 Å². The van der Waals surface area contributed by atoms with Crippen LogP contribution in [0, 0.1) is 11.8 Å². The number of halogens is 5. The molecule has 0 heterocycles. The second-order valence-corrected chi connectivity index (χ2v) is 10.7. The molecule has 202 valence electrons. The normalized spacial score (nSPS) is 25.5. The van der Waals surface area contributed by atoms with E-state index in [1.165, 1.54) is 24.3 Å². The lowest BCUT2D eigenvalue weighted by Crippen LogP contribution is -2.32. The maximum Gasteiger partial charge on any atom is 0.416 e. The van der Waals surface area contributed by atoms with Crippen molar-refractivity contribution in [1.82, 2.24) is 0 Å². The predicted octanol–water partition coefficient (Wildman–Crippen LogP) is 9.81. The van der Waals surface area contributed by atoms with Gasteiger partial charge in [-0.05, 0) is 112 Å². The number of hydrogen-bond acceptors (Lipinski definition) is 1. The third-order valence-corrected chi connectivity index (χ3v) is 8.31. The van der Waals surface area contributed by atoms with Gasteiger partial charge < -0.3 is 4.74 Å². The Kier molecular flexibility index (Phi) is 9.10. The van der Waals surface area contributed by atoms with E-state index in [1.54, 1.807) is 24.3 Å². The van der Waals surface area contributed by atoms with Crippen molar-refractivity contribution in [1.29, 1.82) is 0 Å². The van der Waals surface area contributed by atoms with Crippen molar-refractivity contribution in [2.45, 2.75) is 95.4 Å². The van der Waals surface area contributed by atoms with Crippen LogP contribution in [0.3, 0.4) is 0 Å². The molecule has 4 rings (SSSR count). The second kappa shape index (κ2) is 12.1. The molecular formula is C31H37F5O. The number of alkyl halides is 5. The molecule has 1 nitrogen and oxygen atoms in total. The van der Waals surface area contributed by atoms with E-state index < -0.39 is 24.0 Å². The Hall–Kier alpha value is -2.21. The van der Waals surface area contributed by atoms with Crippen molar-refractivity contribution in [2.24, 2.45) is 11.8 Å². The van der Waals surface area contributed by atoms with E-state index in [4.69, 9.17) is 4.74 Å². The van der Waals surface area contributed by atoms with E-state index >= 15 is 0 Å². The lowest BCUT2D eigenvalue weighted by atomic mass is 9.69. The smallest absolute Gasteiger partial charge is 0.313 e. The average molecular weight is 521 g/mol. The van der Waals surface area contributed by atoms with Crippen molar-refractivity contribution in [3.63, 3.8) is 0 Å². The summed E-state index contributed by atoms with van der Waals surface area (Å²) in [5, 5.41) is 0. The second-order valence-electron chi connectivity index (χ2n) is 10.7. The van der Waals surface area contributed by atoms with Crippen LogP contribution in [0.15, 0.2) is 60.7 Å². The van der Waals surface area contributed by atoms with Crippen LogP contribution < -0.4 is 0 Å². The molecule has 2 aromatic rings. The lowest BCUT2D eigenvalue weighted by Gasteiger charge is -2.38. The quantitative estimate of drug-likeness (QED) is 0.249. The molecule has 2 fully saturated rings. The van der Waals surface area contributed by atoms with Gasteiger partial charge >= 0.3 is 12.3 Å². The third-order valence-electron chi connectivity index (χ3n) is 8.31. The van der Waals surface area contributed by atoms with Gasteiger partial charge in [-0.25, -0.2) is 0 Å². The molecule has 2 saturated carbocycles. The molecule has 0 aromatic heterocycles. The summed E-state index contributed by atoms with van der Waals surface area (Å²) in [6.45, 7) is 1.96. The zero-order valence-electron chi connectivity index (χ0n) is 21.5. The Morgan fingerprint density at radius 3 is 1.81 bits per heavy atom. The van der Waals surface area contributed by atoms with Crippen molar-refractivity contribution >= 4 is 0 Å². The van der Waals surface area contributed by atoms with Gasteiger partial charge in [-0.1, -0.05) is 48.6 Å². The molecule has 6 heteroatoms. The van der Waals surface area contributed by atoms with Crippen LogP contribution in [0.1, 0.15) is 92.9 Å². The monoisotopic (exact) mass is 520 g/mol. The molecule has 0 aliphatic heterocycles. The average Bonchev–Trinajstić information content (AvgIpc) is 2.89. The first-order valence-electron chi connectivity index (χ1n) is 13.6. The van der Waals surface area contributed by atoms with Crippen LogP contribution in [0.2, 0.25) is 0 Å². The largest absolute Gasteiger partial charge is 0.416 e. The van der Waals surface area contributed by atoms with E-state index in [-0.39, 0.29) is 5.56 Å². The topological polar surface area (TPSA) is 9.23 Å². The zero-order valence-corrected chi connectivity index (χ0v) is 21.5. The first-order valence-corrected chi connectivity index (χ1v) is 13.6. The Morgan fingerprint density at radius 2 is 1.27 bits per heavy atom. The molecule has 2 aromatic carbocycles. The SMILES string of the molecule is C/C=C/CCc1ccc(C(F)(F)OC2CCC(C3CCC(c4ccc(C(F)(F)F)cc4)CC3)CC2)cc1. The summed E-state index contributed by atoms with van der Waals surface area (Å²) in [5.41, 5.74) is 1.32. The van der Waals surface area contributed by atoms with Crippen LogP contribution >= 0.6 is 0 Å². The van der Waals surface area contributed by atoms with E-state index in [0.717, 1.165) is 62.5 Å². The van der Waals surface area contributed by atoms with Gasteiger partial charge in [0.25, 0.3) is 0 Å². The molecule has 0 unspecified atom stereocenters. The maximum atomic E-state index is 14.8. The zero-order chi connectivity index (χ0) is 26.5. The van der Waals surface area contributed by atoms with Crippen LogP contribution in [0.4, 0.5) is 22.0 Å². The van der Waals surface area contributed by atoms with E-state index in [2.05, 4.69) is 6.08 Å². The standard InChI is InChI=1S/C31H37F5O/c1-2-3-4-5-22-6-16-28(17-7-22)31(35,36)37-29-20-14-26(15-21-29)24-10-8-23(9-11-24)25-12-18-27(19-13-25)30(32,33)34/h2-3,6-7,12-13,16-19,23-24,26,29H,4-5,8-11,14-15,20-21H2,1H3/b3-2+. The van der Waals surface area contributed by atoms with Crippen molar-refractivity contribution in [3.05, 3.63) is 82.9 Å². The number of benzene rings is 2. The summed E-state index contributed by atoms with van der Waals surface area (Å²) < 4.78 is 73.5. The molecule has 2 aliphatic rings. The van der Waals surface area contributed by atoms with E-state index in [0.29, 0.717) is 30.6 Å². The molecule has 0 bridgehead atoms. The number of ether oxygens (including phenoxy) is 1. The summed E-state index contributed by atoms with van der Waals surface area (Å²) in [6, 6.07) is 12.1. The molecule has 0 saturated heterocycles. The van der Waals surface area contributed by atoms with Gasteiger partial charge in [0.15, 0.2) is 0 Å². The van der Waals surface area contributed by atoms with Crippen molar-refractivity contribution in [2.75, 3.05) is 0 Å². The molecule has 0 N–H and O–H groups in total. The first kappa shape index (κ1) is 27.8. The highest BCUT2D eigenvalue weighted by atomic mass is 19.4. The van der Waals surface area contributed by atoms with Gasteiger partial charge in [-0.2, -0.15) is 22.0 Å². The van der Waals surface area contributed by atoms with Gasteiger partial charge in [0, 0.05) is 0 Å². The number of rotatable bonds is 8. The molecule has 0 amide bonds. The van der Waals surface area contributed by atoms with Crippen LogP contribution in [0.25, 0.3) is 0 Å². The third kappa shape index (κ3) is 7.43. The first-order chi connectivity index (χ1) is 17.7. The Balaban J connectivity index is 1.22. The summed E-state index contributed by atoms with van der Waals surface area (Å²) in [6.07, 6.45) is 4.80. The summed E-state index contributed by atoms with van der Waals surface area (Å²) in [4.78, 5) is 0. The maximum absolute atomic E-state index is 14.8. The number of aryl methyl sites for hydroxylation is 1. The van der Waals surface area contributed by atoms with Gasteiger partial charge in [0.2, 0.25) is 0 Å². The fourth-order valence-electron chi connectivity index (χ4n) is 6.11. The number of allylic oxidation sites excluding steroid dienone is 2. The minimum atomic E-state index is -4.31. The lowest BCUT2D eigenvalue weighted by molar-refractivity contribution is -0.278. The molecule has 0 radical (unpaired) electrons. The van der Waals surface area contributed by atoms with Gasteiger partial charge in [0.05, 0.1) is 17.2 Å². The molecular weight excluding hydrogens is 483 g/mol. The number of hydrogen-bond donors (Lipinski definition) is 0. The summed E-state index contributed by atoms with van der Waals surface area (Å²) >= 11 is 0. The predicted molar refractivity (Wildman–Crippen MR) is 136 cm³/mol. The van der Waals surface area contributed by atoms with Crippen molar-refractivity contribution < 1.29 is 26.7 Å². The minimum absolute atomic E-state index is 0.0917. The fourth-order valence-corrected chi connectivity index (χ4v) is 6.11.